The second-order valence-corrected chi connectivity index (χ2v) is 6.65. The highest BCUT2D eigenvalue weighted by Gasteiger charge is 2.59. The number of aliphatic hydroxyl groups excluding tert-OH is 1. The van der Waals surface area contributed by atoms with Gasteiger partial charge >= 0.3 is 0 Å². The lowest BCUT2D eigenvalue weighted by Gasteiger charge is -2.29. The van der Waals surface area contributed by atoms with E-state index in [-0.39, 0.29) is 12.5 Å². The number of nitrogens with one attached hydrogen (secondary N) is 1. The number of aromatic nitrogens is 3. The van der Waals surface area contributed by atoms with Crippen LogP contribution in [0.15, 0.2) is 18.6 Å². The number of piperidine rings is 1. The van der Waals surface area contributed by atoms with Gasteiger partial charge in [0.2, 0.25) is 5.91 Å². The summed E-state index contributed by atoms with van der Waals surface area (Å²) in [6.07, 6.45) is 3.47. The molecule has 1 unspecified atom stereocenters. The van der Waals surface area contributed by atoms with E-state index in [9.17, 15) is 4.79 Å². The van der Waals surface area contributed by atoms with Gasteiger partial charge in [-0.3, -0.25) is 4.79 Å². The molecule has 0 radical (unpaired) electrons. The van der Waals surface area contributed by atoms with Crippen LogP contribution in [0.25, 0.3) is 11.0 Å². The lowest BCUT2D eigenvalue weighted by molar-refractivity contribution is -0.133. The predicted octanol–water partition coefficient (Wildman–Crippen LogP) is 0.479. The normalized spacial score (nSPS) is 27.1. The molecule has 0 spiro atoms. The van der Waals surface area contributed by atoms with Crippen molar-refractivity contribution in [1.29, 1.82) is 0 Å². The largest absolute Gasteiger partial charge is 0.387 e. The third kappa shape index (κ3) is 2.18. The van der Waals surface area contributed by atoms with E-state index < -0.39 is 0 Å². The van der Waals surface area contributed by atoms with E-state index in [2.05, 4.69) is 33.8 Å². The number of amides is 1. The fourth-order valence-electron chi connectivity index (χ4n) is 4.18. The first kappa shape index (κ1) is 14.4. The van der Waals surface area contributed by atoms with Crippen molar-refractivity contribution >= 4 is 22.8 Å². The summed E-state index contributed by atoms with van der Waals surface area (Å²) in [6, 6.07) is 2.35. The van der Waals surface area contributed by atoms with E-state index in [1.54, 1.807) is 11.2 Å². The first-order valence-electron chi connectivity index (χ1n) is 8.01. The minimum absolute atomic E-state index is 0.151. The number of nitrogens with zero attached hydrogens (tertiary/aromatic N) is 4. The fourth-order valence-corrected chi connectivity index (χ4v) is 4.18. The molecule has 7 heteroatoms. The molecular weight excluding hydrogens is 294 g/mol. The van der Waals surface area contributed by atoms with Crippen molar-refractivity contribution in [3.8, 4) is 0 Å². The van der Waals surface area contributed by atoms with E-state index in [0.717, 1.165) is 29.9 Å². The number of anilines is 1. The molecule has 3 heterocycles. The van der Waals surface area contributed by atoms with E-state index in [1.165, 1.54) is 0 Å². The van der Waals surface area contributed by atoms with E-state index in [1.807, 2.05) is 12.3 Å². The number of H-pyrrole nitrogens is 1. The Morgan fingerprint density at radius 3 is 2.91 bits per heavy atom. The topological polar surface area (TPSA) is 85.3 Å². The molecule has 23 heavy (non-hydrogen) atoms. The van der Waals surface area contributed by atoms with Crippen LogP contribution in [0.5, 0.6) is 0 Å². The molecule has 1 aliphatic carbocycles. The van der Waals surface area contributed by atoms with Gasteiger partial charge in [0.05, 0.1) is 5.39 Å². The number of hydrogen-bond donors (Lipinski definition) is 2. The zero-order valence-corrected chi connectivity index (χ0v) is 13.3. The maximum Gasteiger partial charge on any atom is 0.248 e. The van der Waals surface area contributed by atoms with Crippen LogP contribution in [0, 0.1) is 17.8 Å². The predicted molar refractivity (Wildman–Crippen MR) is 85.9 cm³/mol. The summed E-state index contributed by atoms with van der Waals surface area (Å²) in [7, 11) is 2.07. The van der Waals surface area contributed by atoms with Gasteiger partial charge in [-0.15, -0.1) is 0 Å². The van der Waals surface area contributed by atoms with Gasteiger partial charge in [-0.25, -0.2) is 9.97 Å². The minimum Gasteiger partial charge on any atom is -0.387 e. The molecule has 1 saturated heterocycles. The number of carbonyl (C=O) groups is 1. The van der Waals surface area contributed by atoms with Gasteiger partial charge in [-0.1, -0.05) is 0 Å². The molecule has 0 aromatic carbocycles. The zero-order chi connectivity index (χ0) is 16.1. The summed E-state index contributed by atoms with van der Waals surface area (Å²) < 4.78 is 0. The molecule has 2 fully saturated rings. The molecule has 1 amide bonds. The van der Waals surface area contributed by atoms with Crippen LogP contribution < -0.4 is 4.90 Å². The second kappa shape index (κ2) is 5.19. The molecular formula is C16H21N5O2. The molecule has 7 nitrogen and oxygen atoms in total. The monoisotopic (exact) mass is 315 g/mol. The Morgan fingerprint density at radius 2 is 2.22 bits per heavy atom. The lowest BCUT2D eigenvalue weighted by Crippen LogP contribution is -2.38. The maximum absolute atomic E-state index is 11.6. The van der Waals surface area contributed by atoms with Gasteiger partial charge in [0, 0.05) is 32.4 Å². The number of aliphatic hydroxyl groups is 1. The maximum atomic E-state index is 11.6. The minimum atomic E-state index is -0.383. The summed E-state index contributed by atoms with van der Waals surface area (Å²) in [5.74, 6) is 2.46. The zero-order valence-electron chi connectivity index (χ0n) is 13.3. The quantitative estimate of drug-likeness (QED) is 0.857. The van der Waals surface area contributed by atoms with Crippen LogP contribution in [-0.4, -0.2) is 63.7 Å². The van der Waals surface area contributed by atoms with E-state index in [4.69, 9.17) is 5.11 Å². The van der Waals surface area contributed by atoms with Crippen LogP contribution in [0.3, 0.4) is 0 Å². The molecule has 4 atom stereocenters. The average Bonchev–Trinajstić information content (AvgIpc) is 2.97. The Hall–Kier alpha value is -2.15. The Labute approximate surface area is 134 Å². The van der Waals surface area contributed by atoms with Crippen LogP contribution in [-0.2, 0) is 4.79 Å². The Kier molecular flexibility index (Phi) is 3.26. The van der Waals surface area contributed by atoms with Crippen molar-refractivity contribution in [2.24, 2.45) is 17.8 Å². The molecule has 1 aliphatic heterocycles. The Bertz CT molecular complexity index is 733. The van der Waals surface area contributed by atoms with Crippen LogP contribution in [0.2, 0.25) is 0 Å². The van der Waals surface area contributed by atoms with Gasteiger partial charge in [-0.05, 0) is 30.7 Å². The highest BCUT2D eigenvalue weighted by atomic mass is 16.3. The van der Waals surface area contributed by atoms with Crippen molar-refractivity contribution < 1.29 is 9.90 Å². The summed E-state index contributed by atoms with van der Waals surface area (Å²) in [5, 5.41) is 10.0. The van der Waals surface area contributed by atoms with Crippen LogP contribution >= 0.6 is 0 Å². The van der Waals surface area contributed by atoms with Gasteiger partial charge in [-0.2, -0.15) is 0 Å². The second-order valence-electron chi connectivity index (χ2n) is 6.65. The Balaban J connectivity index is 1.48. The van der Waals surface area contributed by atoms with Gasteiger partial charge in [0.15, 0.2) is 0 Å². The summed E-state index contributed by atoms with van der Waals surface area (Å²) in [6.45, 7) is 3.39. The number of carbonyl (C=O) groups excluding carboxylic acids is 1. The molecule has 2 N–H and O–H groups in total. The highest BCUT2D eigenvalue weighted by molar-refractivity contribution is 5.87. The third-order valence-electron chi connectivity index (χ3n) is 5.58. The van der Waals surface area contributed by atoms with E-state index in [0.29, 0.717) is 23.8 Å². The van der Waals surface area contributed by atoms with E-state index >= 15 is 0 Å². The van der Waals surface area contributed by atoms with Crippen LogP contribution in [0.4, 0.5) is 5.82 Å². The molecule has 0 bridgehead atoms. The molecule has 2 aromatic rings. The molecule has 1 saturated carbocycles. The lowest BCUT2D eigenvalue weighted by atomic mass is 10.1. The van der Waals surface area contributed by atoms with Crippen LogP contribution in [0.1, 0.15) is 6.92 Å². The summed E-state index contributed by atoms with van der Waals surface area (Å²) in [5.41, 5.74) is 0.852. The smallest absolute Gasteiger partial charge is 0.248 e. The van der Waals surface area contributed by atoms with Gasteiger partial charge < -0.3 is 19.9 Å². The van der Waals surface area contributed by atoms with Gasteiger partial charge in [0.1, 0.15) is 24.4 Å². The van der Waals surface area contributed by atoms with Crippen molar-refractivity contribution in [2.75, 3.05) is 31.6 Å². The van der Waals surface area contributed by atoms with Crippen molar-refractivity contribution in [3.05, 3.63) is 18.6 Å². The number of likely N-dealkylation sites (tertiary alicyclic amines) is 1. The van der Waals surface area contributed by atoms with Crippen molar-refractivity contribution in [3.63, 3.8) is 0 Å². The van der Waals surface area contributed by atoms with Gasteiger partial charge in [0.25, 0.3) is 0 Å². The summed E-state index contributed by atoms with van der Waals surface area (Å²) >= 11 is 0. The number of fused-ring (bicyclic) bond motifs is 2. The Morgan fingerprint density at radius 1 is 1.48 bits per heavy atom. The molecule has 2 aliphatic rings. The average molecular weight is 315 g/mol. The summed E-state index contributed by atoms with van der Waals surface area (Å²) in [4.78, 5) is 27.4. The molecule has 4 rings (SSSR count). The third-order valence-corrected chi connectivity index (χ3v) is 5.58. The van der Waals surface area contributed by atoms with Crippen molar-refractivity contribution in [2.45, 2.75) is 13.0 Å². The first-order chi connectivity index (χ1) is 11.1. The standard InChI is InChI=1S/C16H21N5O2/c1-9(14-11-5-21(6-12(11)14)13(23)7-22)20(2)16-10-3-4-17-15(10)18-8-19-16/h3-4,8-9,11-12,14,22H,5-7H2,1-2H3,(H,17,18,19)/t9-,11-,12+,14?/m0/s1. The van der Waals surface area contributed by atoms with Crippen molar-refractivity contribution in [1.82, 2.24) is 19.9 Å². The SMILES string of the molecule is C[C@@H](C1[C@H]2CN(C(=O)CO)C[C@@H]12)N(C)c1ncnc2[nH]ccc12. The number of aromatic amines is 1. The first-order valence-corrected chi connectivity index (χ1v) is 8.01. The number of hydrogen-bond acceptors (Lipinski definition) is 5. The fraction of sp³-hybridized carbons (Fsp3) is 0.562. The molecule has 122 valence electrons. The number of rotatable bonds is 4. The molecule has 2 aromatic heterocycles. The highest BCUT2D eigenvalue weighted by Crippen LogP contribution is 2.54.